The van der Waals surface area contributed by atoms with Crippen molar-refractivity contribution in [1.29, 1.82) is 0 Å². The van der Waals surface area contributed by atoms with E-state index in [2.05, 4.69) is 11.1 Å². The molecule has 0 amide bonds. The highest BCUT2D eigenvalue weighted by atomic mass is 16.5. The van der Waals surface area contributed by atoms with E-state index >= 15 is 0 Å². The highest BCUT2D eigenvalue weighted by molar-refractivity contribution is 5.32. The van der Waals surface area contributed by atoms with Crippen molar-refractivity contribution in [3.8, 4) is 0 Å². The lowest BCUT2D eigenvalue weighted by molar-refractivity contribution is 0.363. The van der Waals surface area contributed by atoms with Gasteiger partial charge in [0.15, 0.2) is 5.65 Å². The van der Waals surface area contributed by atoms with Crippen LogP contribution in [0, 0.1) is 6.07 Å². The SMILES string of the molecule is O=c1[c]cnc2ccon12. The third kappa shape index (κ3) is 0.556. The molecule has 0 N–H and O–H groups in total. The molecule has 0 saturated carbocycles. The average Bonchev–Trinajstić information content (AvgIpc) is 2.36. The smallest absolute Gasteiger partial charge is 0.295 e. The van der Waals surface area contributed by atoms with Crippen LogP contribution in [0.1, 0.15) is 0 Å². The third-order valence-corrected chi connectivity index (χ3v) is 1.16. The molecule has 0 aliphatic heterocycles. The third-order valence-electron chi connectivity index (χ3n) is 1.16. The molecule has 0 atom stereocenters. The minimum absolute atomic E-state index is 0.324. The molecule has 0 aromatic carbocycles. The van der Waals surface area contributed by atoms with E-state index in [4.69, 9.17) is 4.52 Å². The lowest BCUT2D eigenvalue weighted by Gasteiger charge is -1.84. The van der Waals surface area contributed by atoms with Gasteiger partial charge in [-0.15, -0.1) is 4.57 Å². The molecule has 4 nitrogen and oxygen atoms in total. The Morgan fingerprint density at radius 2 is 2.60 bits per heavy atom. The molecule has 0 unspecified atom stereocenters. The van der Waals surface area contributed by atoms with Gasteiger partial charge in [-0.2, -0.15) is 0 Å². The van der Waals surface area contributed by atoms with Gasteiger partial charge in [0.1, 0.15) is 6.26 Å². The van der Waals surface area contributed by atoms with E-state index in [0.717, 1.165) is 4.57 Å². The van der Waals surface area contributed by atoms with Crippen LogP contribution in [-0.4, -0.2) is 9.56 Å². The Morgan fingerprint density at radius 1 is 1.70 bits per heavy atom. The summed E-state index contributed by atoms with van der Waals surface area (Å²) in [6, 6.07) is 3.97. The molecular formula is C6H3N2O2. The second-order valence-corrected chi connectivity index (χ2v) is 1.77. The zero-order valence-corrected chi connectivity index (χ0v) is 4.94. The fraction of sp³-hybridized carbons (Fsp3) is 0. The summed E-state index contributed by atoms with van der Waals surface area (Å²) >= 11 is 0. The average molecular weight is 135 g/mol. The van der Waals surface area contributed by atoms with Crippen molar-refractivity contribution in [3.05, 3.63) is 34.9 Å². The Labute approximate surface area is 55.7 Å². The highest BCUT2D eigenvalue weighted by Crippen LogP contribution is 1.92. The lowest BCUT2D eigenvalue weighted by Crippen LogP contribution is -2.10. The van der Waals surface area contributed by atoms with E-state index in [1.807, 2.05) is 0 Å². The van der Waals surface area contributed by atoms with Gasteiger partial charge in [0.05, 0.1) is 6.07 Å². The fourth-order valence-electron chi connectivity index (χ4n) is 0.733. The van der Waals surface area contributed by atoms with Gasteiger partial charge in [-0.05, 0) is 0 Å². The molecule has 0 fully saturated rings. The monoisotopic (exact) mass is 135 g/mol. The quantitative estimate of drug-likeness (QED) is 0.514. The Bertz CT molecular complexity index is 401. The van der Waals surface area contributed by atoms with Gasteiger partial charge in [0, 0.05) is 12.3 Å². The van der Waals surface area contributed by atoms with Crippen LogP contribution in [0.25, 0.3) is 5.65 Å². The van der Waals surface area contributed by atoms with Crippen LogP contribution in [0.5, 0.6) is 0 Å². The van der Waals surface area contributed by atoms with Gasteiger partial charge in [-0.3, -0.25) is 4.79 Å². The first-order valence-electron chi connectivity index (χ1n) is 2.71. The summed E-state index contributed by atoms with van der Waals surface area (Å²) < 4.78 is 5.83. The summed E-state index contributed by atoms with van der Waals surface area (Å²) in [6.07, 6.45) is 2.73. The van der Waals surface area contributed by atoms with Gasteiger partial charge in [0.2, 0.25) is 0 Å². The maximum absolute atomic E-state index is 10.8. The zero-order chi connectivity index (χ0) is 6.97. The largest absolute Gasteiger partial charge is 0.378 e. The molecule has 0 aliphatic rings. The molecule has 2 heterocycles. The second kappa shape index (κ2) is 1.70. The predicted octanol–water partition coefficient (Wildman–Crippen LogP) is 0.0877. The summed E-state index contributed by atoms with van der Waals surface area (Å²) in [4.78, 5) is 14.6. The highest BCUT2D eigenvalue weighted by Gasteiger charge is 1.95. The zero-order valence-electron chi connectivity index (χ0n) is 4.94. The number of hydrogen-bond donors (Lipinski definition) is 0. The van der Waals surface area contributed by atoms with Crippen LogP contribution in [0.3, 0.4) is 0 Å². The molecule has 0 bridgehead atoms. The fourth-order valence-corrected chi connectivity index (χ4v) is 0.733. The Kier molecular flexibility index (Phi) is 0.887. The van der Waals surface area contributed by atoms with Gasteiger partial charge in [-0.1, -0.05) is 0 Å². The van der Waals surface area contributed by atoms with Crippen molar-refractivity contribution in [3.63, 3.8) is 0 Å². The maximum Gasteiger partial charge on any atom is 0.295 e. The molecule has 2 rings (SSSR count). The van der Waals surface area contributed by atoms with E-state index in [1.54, 1.807) is 6.07 Å². The van der Waals surface area contributed by atoms with Crippen molar-refractivity contribution >= 4 is 5.65 Å². The Balaban J connectivity index is 3.09. The first-order valence-corrected chi connectivity index (χ1v) is 2.71. The minimum Gasteiger partial charge on any atom is -0.378 e. The van der Waals surface area contributed by atoms with Crippen LogP contribution in [-0.2, 0) is 0 Å². The normalized spacial score (nSPS) is 10.4. The Morgan fingerprint density at radius 3 is 3.40 bits per heavy atom. The van der Waals surface area contributed by atoms with Gasteiger partial charge in [0.25, 0.3) is 5.56 Å². The molecule has 2 aromatic heterocycles. The van der Waals surface area contributed by atoms with E-state index in [-0.39, 0.29) is 5.56 Å². The van der Waals surface area contributed by atoms with Crippen LogP contribution in [0.2, 0.25) is 0 Å². The van der Waals surface area contributed by atoms with E-state index in [9.17, 15) is 4.79 Å². The summed E-state index contributed by atoms with van der Waals surface area (Å²) in [5, 5.41) is 0. The predicted molar refractivity (Wildman–Crippen MR) is 32.6 cm³/mol. The molecule has 0 saturated heterocycles. The van der Waals surface area contributed by atoms with E-state index in [1.165, 1.54) is 12.5 Å². The molecule has 1 radical (unpaired) electrons. The second-order valence-electron chi connectivity index (χ2n) is 1.77. The van der Waals surface area contributed by atoms with Gasteiger partial charge < -0.3 is 4.52 Å². The van der Waals surface area contributed by atoms with E-state index < -0.39 is 0 Å². The standard InChI is InChI=1S/C6H3N2O2/c9-6-1-3-7-5-2-4-10-8(5)6/h2-4H. The van der Waals surface area contributed by atoms with Crippen molar-refractivity contribution in [1.82, 2.24) is 9.56 Å². The molecule has 2 aromatic rings. The maximum atomic E-state index is 10.8. The summed E-state index contributed by atoms with van der Waals surface area (Å²) in [5.41, 5.74) is 0.179. The van der Waals surface area contributed by atoms with Gasteiger partial charge >= 0.3 is 0 Å². The molecule has 49 valence electrons. The summed E-state index contributed by atoms with van der Waals surface area (Å²) in [7, 11) is 0. The number of aromatic nitrogens is 2. The number of hydrogen-bond acceptors (Lipinski definition) is 3. The number of rotatable bonds is 0. The lowest BCUT2D eigenvalue weighted by atomic mass is 10.6. The molecule has 0 spiro atoms. The molecular weight excluding hydrogens is 132 g/mol. The molecule has 10 heavy (non-hydrogen) atoms. The summed E-state index contributed by atoms with van der Waals surface area (Å²) in [5.74, 6) is 0. The number of fused-ring (bicyclic) bond motifs is 1. The number of nitrogens with zero attached hydrogens (tertiary/aromatic N) is 2. The Hall–Kier alpha value is -1.58. The van der Waals surface area contributed by atoms with Crippen molar-refractivity contribution in [2.75, 3.05) is 0 Å². The molecule has 4 heteroatoms. The van der Waals surface area contributed by atoms with Crippen molar-refractivity contribution < 1.29 is 4.52 Å². The van der Waals surface area contributed by atoms with Crippen LogP contribution in [0.15, 0.2) is 27.8 Å². The minimum atomic E-state index is -0.324. The van der Waals surface area contributed by atoms with E-state index in [0.29, 0.717) is 5.65 Å². The van der Waals surface area contributed by atoms with Crippen LogP contribution < -0.4 is 5.56 Å². The first kappa shape index (κ1) is 5.22. The topological polar surface area (TPSA) is 47.5 Å². The van der Waals surface area contributed by atoms with Gasteiger partial charge in [-0.25, -0.2) is 4.98 Å². The van der Waals surface area contributed by atoms with Crippen LogP contribution in [0.4, 0.5) is 0 Å². The van der Waals surface area contributed by atoms with Crippen molar-refractivity contribution in [2.24, 2.45) is 0 Å². The van der Waals surface area contributed by atoms with Crippen molar-refractivity contribution in [2.45, 2.75) is 0 Å². The first-order chi connectivity index (χ1) is 4.88. The van der Waals surface area contributed by atoms with Crippen LogP contribution >= 0.6 is 0 Å². The molecule has 0 aliphatic carbocycles. The summed E-state index contributed by atoms with van der Waals surface area (Å²) in [6.45, 7) is 0.